The molecule has 1 atom stereocenters. The zero-order valence-electron chi connectivity index (χ0n) is 8.26. The summed E-state index contributed by atoms with van der Waals surface area (Å²) in [5.41, 5.74) is 6.21. The van der Waals surface area contributed by atoms with Gasteiger partial charge in [-0.05, 0) is 24.6 Å². The highest BCUT2D eigenvalue weighted by Gasteiger charge is 2.07. The highest BCUT2D eigenvalue weighted by molar-refractivity contribution is 6.35. The van der Waals surface area contributed by atoms with Crippen molar-refractivity contribution in [3.05, 3.63) is 33.8 Å². The molecule has 0 aliphatic heterocycles. The number of benzene rings is 1. The van der Waals surface area contributed by atoms with Gasteiger partial charge in [-0.1, -0.05) is 29.3 Å². The van der Waals surface area contributed by atoms with Gasteiger partial charge in [-0.2, -0.15) is 0 Å². The molecule has 1 aromatic rings. The SMILES string of the molecule is C[C@H](N)C(=O)NCc1ccc(Cl)cc1Cl. The molecule has 0 spiro atoms. The summed E-state index contributed by atoms with van der Waals surface area (Å²) in [4.78, 5) is 11.2. The minimum atomic E-state index is -0.518. The summed E-state index contributed by atoms with van der Waals surface area (Å²) >= 11 is 11.7. The summed E-state index contributed by atoms with van der Waals surface area (Å²) in [7, 11) is 0. The number of carbonyl (C=O) groups is 1. The molecule has 15 heavy (non-hydrogen) atoms. The second-order valence-corrected chi connectivity index (χ2v) is 4.09. The summed E-state index contributed by atoms with van der Waals surface area (Å²) in [6.07, 6.45) is 0. The van der Waals surface area contributed by atoms with Crippen LogP contribution >= 0.6 is 23.2 Å². The van der Waals surface area contributed by atoms with Crippen LogP contribution in [0, 0.1) is 0 Å². The van der Waals surface area contributed by atoms with Crippen LogP contribution in [0.4, 0.5) is 0 Å². The molecule has 5 heteroatoms. The van der Waals surface area contributed by atoms with E-state index in [4.69, 9.17) is 28.9 Å². The van der Waals surface area contributed by atoms with Gasteiger partial charge in [0.2, 0.25) is 5.91 Å². The minimum absolute atomic E-state index is 0.207. The molecule has 0 aromatic heterocycles. The monoisotopic (exact) mass is 246 g/mol. The van der Waals surface area contributed by atoms with Crippen LogP contribution in [0.1, 0.15) is 12.5 Å². The van der Waals surface area contributed by atoms with Gasteiger partial charge < -0.3 is 11.1 Å². The first kappa shape index (κ1) is 12.3. The standard InChI is InChI=1S/C10H12Cl2N2O/c1-6(13)10(15)14-5-7-2-3-8(11)4-9(7)12/h2-4,6H,5,13H2,1H3,(H,14,15)/t6-/m0/s1. The van der Waals surface area contributed by atoms with E-state index in [0.717, 1.165) is 5.56 Å². The molecule has 0 aliphatic rings. The second-order valence-electron chi connectivity index (χ2n) is 3.24. The molecule has 3 nitrogen and oxygen atoms in total. The van der Waals surface area contributed by atoms with E-state index in [0.29, 0.717) is 16.6 Å². The average molecular weight is 247 g/mol. The zero-order valence-corrected chi connectivity index (χ0v) is 9.77. The molecule has 3 N–H and O–H groups in total. The second kappa shape index (κ2) is 5.35. The molecule has 0 aliphatic carbocycles. The van der Waals surface area contributed by atoms with Crippen molar-refractivity contribution in [3.63, 3.8) is 0 Å². The van der Waals surface area contributed by atoms with Gasteiger partial charge in [0.1, 0.15) is 0 Å². The first-order valence-corrected chi connectivity index (χ1v) is 5.23. The van der Waals surface area contributed by atoms with E-state index >= 15 is 0 Å². The number of nitrogens with two attached hydrogens (primary N) is 1. The number of halogens is 2. The van der Waals surface area contributed by atoms with Crippen molar-refractivity contribution in [2.75, 3.05) is 0 Å². The quantitative estimate of drug-likeness (QED) is 0.857. The Morgan fingerprint density at radius 2 is 2.20 bits per heavy atom. The molecule has 1 aromatic carbocycles. The first-order valence-electron chi connectivity index (χ1n) is 4.48. The lowest BCUT2D eigenvalue weighted by Gasteiger charge is -2.09. The van der Waals surface area contributed by atoms with Crippen molar-refractivity contribution < 1.29 is 4.79 Å². The summed E-state index contributed by atoms with van der Waals surface area (Å²) < 4.78 is 0. The number of hydrogen-bond donors (Lipinski definition) is 2. The molecular formula is C10H12Cl2N2O. The van der Waals surface area contributed by atoms with Crippen molar-refractivity contribution in [2.45, 2.75) is 19.5 Å². The maximum absolute atomic E-state index is 11.2. The minimum Gasteiger partial charge on any atom is -0.351 e. The Hall–Kier alpha value is -0.770. The van der Waals surface area contributed by atoms with Gasteiger partial charge in [0, 0.05) is 16.6 Å². The third kappa shape index (κ3) is 3.70. The maximum atomic E-state index is 11.2. The van der Waals surface area contributed by atoms with Crippen molar-refractivity contribution in [2.24, 2.45) is 5.73 Å². The van der Waals surface area contributed by atoms with Crippen molar-refractivity contribution in [1.82, 2.24) is 5.32 Å². The van der Waals surface area contributed by atoms with Crippen LogP contribution in [0.2, 0.25) is 10.0 Å². The maximum Gasteiger partial charge on any atom is 0.236 e. The van der Waals surface area contributed by atoms with E-state index in [-0.39, 0.29) is 5.91 Å². The molecule has 0 heterocycles. The number of carbonyl (C=O) groups excluding carboxylic acids is 1. The Labute approximate surface area is 98.5 Å². The fourth-order valence-electron chi connectivity index (χ4n) is 1.01. The summed E-state index contributed by atoms with van der Waals surface area (Å²) in [5, 5.41) is 3.77. The van der Waals surface area contributed by atoms with Gasteiger partial charge >= 0.3 is 0 Å². The van der Waals surface area contributed by atoms with E-state index in [1.54, 1.807) is 25.1 Å². The topological polar surface area (TPSA) is 55.1 Å². The van der Waals surface area contributed by atoms with Gasteiger partial charge in [0.05, 0.1) is 6.04 Å². The van der Waals surface area contributed by atoms with Gasteiger partial charge in [-0.25, -0.2) is 0 Å². The number of hydrogen-bond acceptors (Lipinski definition) is 2. The van der Waals surface area contributed by atoms with Crippen LogP contribution in [0.3, 0.4) is 0 Å². The van der Waals surface area contributed by atoms with Crippen LogP contribution in [0.15, 0.2) is 18.2 Å². The molecule has 82 valence electrons. The van der Waals surface area contributed by atoms with Gasteiger partial charge in [-0.15, -0.1) is 0 Å². The zero-order chi connectivity index (χ0) is 11.4. The Kier molecular flexibility index (Phi) is 4.39. The summed E-state index contributed by atoms with van der Waals surface area (Å²) in [6.45, 7) is 1.98. The Morgan fingerprint density at radius 3 is 2.73 bits per heavy atom. The fourth-order valence-corrected chi connectivity index (χ4v) is 1.48. The number of nitrogens with one attached hydrogen (secondary N) is 1. The molecule has 1 amide bonds. The van der Waals surface area contributed by atoms with Crippen LogP contribution in [0.5, 0.6) is 0 Å². The highest BCUT2D eigenvalue weighted by Crippen LogP contribution is 2.20. The Balaban J connectivity index is 2.62. The normalized spacial score (nSPS) is 12.3. The summed E-state index contributed by atoms with van der Waals surface area (Å²) in [6, 6.07) is 4.61. The Bertz CT molecular complexity index is 366. The lowest BCUT2D eigenvalue weighted by molar-refractivity contribution is -0.122. The fraction of sp³-hybridized carbons (Fsp3) is 0.300. The molecule has 0 bridgehead atoms. The molecule has 0 fully saturated rings. The largest absolute Gasteiger partial charge is 0.351 e. The van der Waals surface area contributed by atoms with Gasteiger partial charge in [0.25, 0.3) is 0 Å². The van der Waals surface area contributed by atoms with Crippen LogP contribution in [0.25, 0.3) is 0 Å². The number of rotatable bonds is 3. The van der Waals surface area contributed by atoms with Crippen molar-refractivity contribution in [1.29, 1.82) is 0 Å². The molecule has 0 radical (unpaired) electrons. The van der Waals surface area contributed by atoms with Crippen LogP contribution < -0.4 is 11.1 Å². The highest BCUT2D eigenvalue weighted by atomic mass is 35.5. The number of amides is 1. The lowest BCUT2D eigenvalue weighted by Crippen LogP contribution is -2.37. The van der Waals surface area contributed by atoms with Crippen LogP contribution in [-0.2, 0) is 11.3 Å². The molecular weight excluding hydrogens is 235 g/mol. The lowest BCUT2D eigenvalue weighted by atomic mass is 10.2. The predicted octanol–water partition coefficient (Wildman–Crippen LogP) is 1.96. The van der Waals surface area contributed by atoms with Crippen molar-refractivity contribution in [3.8, 4) is 0 Å². The smallest absolute Gasteiger partial charge is 0.236 e. The molecule has 0 saturated heterocycles. The van der Waals surface area contributed by atoms with E-state index in [2.05, 4.69) is 5.32 Å². The van der Waals surface area contributed by atoms with Crippen LogP contribution in [-0.4, -0.2) is 11.9 Å². The molecule has 0 unspecified atom stereocenters. The Morgan fingerprint density at radius 1 is 1.53 bits per heavy atom. The third-order valence-corrected chi connectivity index (χ3v) is 2.47. The predicted molar refractivity (Wildman–Crippen MR) is 62.0 cm³/mol. The first-order chi connectivity index (χ1) is 7.00. The van der Waals surface area contributed by atoms with Gasteiger partial charge in [0.15, 0.2) is 0 Å². The molecule has 0 saturated carbocycles. The van der Waals surface area contributed by atoms with E-state index in [1.165, 1.54) is 0 Å². The third-order valence-electron chi connectivity index (χ3n) is 1.88. The summed E-state index contributed by atoms with van der Waals surface area (Å²) in [5.74, 6) is -0.207. The van der Waals surface area contributed by atoms with E-state index < -0.39 is 6.04 Å². The van der Waals surface area contributed by atoms with Crippen molar-refractivity contribution >= 4 is 29.1 Å². The van der Waals surface area contributed by atoms with E-state index in [1.807, 2.05) is 0 Å². The molecule has 1 rings (SSSR count). The average Bonchev–Trinajstić information content (AvgIpc) is 2.15. The van der Waals surface area contributed by atoms with Gasteiger partial charge in [-0.3, -0.25) is 4.79 Å². The van der Waals surface area contributed by atoms with E-state index in [9.17, 15) is 4.79 Å².